The van der Waals surface area contributed by atoms with Gasteiger partial charge in [-0.05, 0) is 67.3 Å². The molecule has 0 atom stereocenters. The number of rotatable bonds is 15. The highest BCUT2D eigenvalue weighted by molar-refractivity contribution is 7.13. The van der Waals surface area contributed by atoms with E-state index in [1.165, 1.54) is 14.2 Å². The van der Waals surface area contributed by atoms with Crippen LogP contribution < -0.4 is 4.74 Å². The van der Waals surface area contributed by atoms with Crippen molar-refractivity contribution >= 4 is 34.9 Å². The molecule has 1 aromatic heterocycles. The molecule has 0 saturated carbocycles. The van der Waals surface area contributed by atoms with Gasteiger partial charge >= 0.3 is 11.9 Å². The summed E-state index contributed by atoms with van der Waals surface area (Å²) in [5.41, 5.74) is 4.65. The van der Waals surface area contributed by atoms with E-state index in [0.29, 0.717) is 23.6 Å². The molecular formula is C33H35ClN2O5S. The summed E-state index contributed by atoms with van der Waals surface area (Å²) in [6.45, 7) is 2.72. The summed E-state index contributed by atoms with van der Waals surface area (Å²) < 4.78 is 15.8. The van der Waals surface area contributed by atoms with Crippen molar-refractivity contribution < 1.29 is 23.8 Å². The first-order valence-electron chi connectivity index (χ1n) is 13.8. The summed E-state index contributed by atoms with van der Waals surface area (Å²) in [4.78, 5) is 30.5. The molecule has 4 aromatic rings. The van der Waals surface area contributed by atoms with E-state index in [0.717, 1.165) is 72.0 Å². The number of methoxy groups -OCH3 is 2. The number of aromatic nitrogens is 1. The molecule has 0 aliphatic heterocycles. The Morgan fingerprint density at radius 1 is 0.905 bits per heavy atom. The van der Waals surface area contributed by atoms with Gasteiger partial charge in [0.1, 0.15) is 17.4 Å². The van der Waals surface area contributed by atoms with Crippen molar-refractivity contribution in [3.8, 4) is 16.3 Å². The van der Waals surface area contributed by atoms with Crippen LogP contribution in [0.1, 0.15) is 46.4 Å². The molecule has 1 heterocycles. The van der Waals surface area contributed by atoms with Crippen LogP contribution in [0.4, 0.5) is 0 Å². The fourth-order valence-corrected chi connectivity index (χ4v) is 5.42. The van der Waals surface area contributed by atoms with Gasteiger partial charge in [-0.15, -0.1) is 11.3 Å². The van der Waals surface area contributed by atoms with Crippen LogP contribution in [0.25, 0.3) is 10.6 Å². The summed E-state index contributed by atoms with van der Waals surface area (Å²) >= 11 is 7.60. The topological polar surface area (TPSA) is 78.0 Å². The van der Waals surface area contributed by atoms with Crippen molar-refractivity contribution in [2.24, 2.45) is 0 Å². The molecule has 0 aliphatic rings. The molecule has 0 fully saturated rings. The van der Waals surface area contributed by atoms with Crippen LogP contribution in [0.3, 0.4) is 0 Å². The van der Waals surface area contributed by atoms with E-state index in [1.54, 1.807) is 23.5 Å². The lowest BCUT2D eigenvalue weighted by atomic mass is 10.1. The Kier molecular flexibility index (Phi) is 11.9. The van der Waals surface area contributed by atoms with Gasteiger partial charge in [0, 0.05) is 35.5 Å². The standard InChI is InChI=1S/C33H35ClN2O5S/c1-39-31(37)9-5-6-19-36(21-24-10-12-27(13-11-24)33(38)40-2)20-18-25-7-3-4-8-30(25)41-22-29-23-42-32(35-29)26-14-16-28(34)17-15-26/h3-4,7-8,10-17,23H,5-6,9,18-22H2,1-2H3. The third-order valence-electron chi connectivity index (χ3n) is 6.80. The van der Waals surface area contributed by atoms with E-state index in [-0.39, 0.29) is 11.9 Å². The number of para-hydroxylation sites is 1. The average molecular weight is 607 g/mol. The second-order valence-corrected chi connectivity index (χ2v) is 11.1. The molecular weight excluding hydrogens is 572 g/mol. The van der Waals surface area contributed by atoms with Gasteiger partial charge in [-0.1, -0.05) is 54.1 Å². The number of halogens is 1. The van der Waals surface area contributed by atoms with Crippen LogP contribution in [-0.4, -0.2) is 49.1 Å². The molecule has 0 amide bonds. The zero-order valence-electron chi connectivity index (χ0n) is 23.9. The zero-order valence-corrected chi connectivity index (χ0v) is 25.5. The van der Waals surface area contributed by atoms with Crippen molar-refractivity contribution in [2.75, 3.05) is 27.3 Å². The first-order chi connectivity index (χ1) is 20.4. The number of unbranched alkanes of at least 4 members (excludes halogenated alkanes) is 1. The Hall–Kier alpha value is -3.72. The smallest absolute Gasteiger partial charge is 0.337 e. The van der Waals surface area contributed by atoms with Crippen LogP contribution in [0, 0.1) is 0 Å². The van der Waals surface area contributed by atoms with Crippen LogP contribution in [0.2, 0.25) is 5.02 Å². The number of carbonyl (C=O) groups is 2. The van der Waals surface area contributed by atoms with Gasteiger partial charge in [0.15, 0.2) is 0 Å². The first-order valence-corrected chi connectivity index (χ1v) is 15.1. The van der Waals surface area contributed by atoms with E-state index >= 15 is 0 Å². The Labute approximate surface area is 256 Å². The average Bonchev–Trinajstić information content (AvgIpc) is 3.50. The summed E-state index contributed by atoms with van der Waals surface area (Å²) in [6, 6.07) is 23.2. The summed E-state index contributed by atoms with van der Waals surface area (Å²) in [7, 11) is 2.79. The van der Waals surface area contributed by atoms with Gasteiger partial charge in [0.25, 0.3) is 0 Å². The lowest BCUT2D eigenvalue weighted by Crippen LogP contribution is -2.27. The maximum absolute atomic E-state index is 11.8. The maximum atomic E-state index is 11.8. The number of carbonyl (C=O) groups excluding carboxylic acids is 2. The molecule has 0 N–H and O–H groups in total. The molecule has 0 spiro atoms. The van der Waals surface area contributed by atoms with Crippen LogP contribution >= 0.6 is 22.9 Å². The van der Waals surface area contributed by atoms with Crippen molar-refractivity contribution in [1.29, 1.82) is 0 Å². The predicted octanol–water partition coefficient (Wildman–Crippen LogP) is 7.22. The van der Waals surface area contributed by atoms with Gasteiger partial charge in [0.2, 0.25) is 0 Å². The normalized spacial score (nSPS) is 11.0. The third-order valence-corrected chi connectivity index (χ3v) is 7.99. The molecule has 42 heavy (non-hydrogen) atoms. The Morgan fingerprint density at radius 3 is 2.40 bits per heavy atom. The number of nitrogens with zero attached hydrogens (tertiary/aromatic N) is 2. The molecule has 3 aromatic carbocycles. The fraction of sp³-hybridized carbons (Fsp3) is 0.303. The molecule has 0 bridgehead atoms. The summed E-state index contributed by atoms with van der Waals surface area (Å²) in [6.07, 6.45) is 2.83. The number of benzene rings is 3. The van der Waals surface area contributed by atoms with E-state index < -0.39 is 0 Å². The van der Waals surface area contributed by atoms with Crippen molar-refractivity contribution in [3.05, 3.63) is 106 Å². The molecule has 7 nitrogen and oxygen atoms in total. The molecule has 0 saturated heterocycles. The van der Waals surface area contributed by atoms with Crippen molar-refractivity contribution in [2.45, 2.75) is 38.8 Å². The highest BCUT2D eigenvalue weighted by Crippen LogP contribution is 2.26. The van der Waals surface area contributed by atoms with Gasteiger partial charge in [-0.3, -0.25) is 9.69 Å². The lowest BCUT2D eigenvalue weighted by Gasteiger charge is -2.23. The second-order valence-electron chi connectivity index (χ2n) is 9.80. The third kappa shape index (κ3) is 9.41. The molecule has 4 rings (SSSR count). The Balaban J connectivity index is 1.38. The number of thiazole rings is 1. The van der Waals surface area contributed by atoms with Crippen LogP contribution in [0.5, 0.6) is 5.75 Å². The van der Waals surface area contributed by atoms with E-state index in [4.69, 9.17) is 30.8 Å². The van der Waals surface area contributed by atoms with Crippen molar-refractivity contribution in [1.82, 2.24) is 9.88 Å². The predicted molar refractivity (Wildman–Crippen MR) is 166 cm³/mol. The van der Waals surface area contributed by atoms with Gasteiger partial charge in [0.05, 0.1) is 25.5 Å². The van der Waals surface area contributed by atoms with Gasteiger partial charge < -0.3 is 14.2 Å². The quantitative estimate of drug-likeness (QED) is 0.104. The Bertz CT molecular complexity index is 1440. The summed E-state index contributed by atoms with van der Waals surface area (Å²) in [5.74, 6) is 0.301. The SMILES string of the molecule is COC(=O)CCCCN(CCc1ccccc1OCc1csc(-c2ccc(Cl)cc2)n1)Cc1ccc(C(=O)OC)cc1. The lowest BCUT2D eigenvalue weighted by molar-refractivity contribution is -0.140. The first kappa shape index (κ1) is 31.2. The van der Waals surface area contributed by atoms with E-state index in [9.17, 15) is 9.59 Å². The van der Waals surface area contributed by atoms with E-state index in [2.05, 4.69) is 11.0 Å². The molecule has 220 valence electrons. The van der Waals surface area contributed by atoms with Crippen LogP contribution in [0.15, 0.2) is 78.2 Å². The van der Waals surface area contributed by atoms with Gasteiger partial charge in [-0.25, -0.2) is 9.78 Å². The number of ether oxygens (including phenoxy) is 3. The largest absolute Gasteiger partial charge is 0.487 e. The van der Waals surface area contributed by atoms with Gasteiger partial charge in [-0.2, -0.15) is 0 Å². The Morgan fingerprint density at radius 2 is 1.67 bits per heavy atom. The maximum Gasteiger partial charge on any atom is 0.337 e. The number of hydrogen-bond acceptors (Lipinski definition) is 8. The highest BCUT2D eigenvalue weighted by Gasteiger charge is 2.12. The summed E-state index contributed by atoms with van der Waals surface area (Å²) in [5, 5.41) is 3.65. The number of esters is 2. The zero-order chi connectivity index (χ0) is 29.7. The molecule has 0 radical (unpaired) electrons. The molecule has 0 aliphatic carbocycles. The van der Waals surface area contributed by atoms with Crippen LogP contribution in [-0.2, 0) is 33.8 Å². The highest BCUT2D eigenvalue weighted by atomic mass is 35.5. The monoisotopic (exact) mass is 606 g/mol. The second kappa shape index (κ2) is 16.1. The molecule has 0 unspecified atom stereocenters. The minimum absolute atomic E-state index is 0.188. The number of hydrogen-bond donors (Lipinski definition) is 0. The fourth-order valence-electron chi connectivity index (χ4n) is 4.48. The minimum atomic E-state index is -0.350. The molecule has 9 heteroatoms. The van der Waals surface area contributed by atoms with E-state index in [1.807, 2.05) is 60.0 Å². The van der Waals surface area contributed by atoms with Crippen molar-refractivity contribution in [3.63, 3.8) is 0 Å². The minimum Gasteiger partial charge on any atom is -0.487 e.